The van der Waals surface area contributed by atoms with Crippen LogP contribution in [0.25, 0.3) is 0 Å². The van der Waals surface area contributed by atoms with Crippen LogP contribution >= 0.6 is 15.9 Å². The van der Waals surface area contributed by atoms with Crippen molar-refractivity contribution in [3.8, 4) is 5.75 Å². The smallest absolute Gasteiger partial charge is 0.306 e. The van der Waals surface area contributed by atoms with E-state index >= 15 is 0 Å². The number of carbonyl (C=O) groups is 1. The van der Waals surface area contributed by atoms with Crippen LogP contribution in [0.15, 0.2) is 76.3 Å². The van der Waals surface area contributed by atoms with Crippen LogP contribution in [0.1, 0.15) is 41.6 Å². The largest absolute Gasteiger partial charge is 0.453 e. The lowest BCUT2D eigenvalue weighted by molar-refractivity contribution is -0.161. The first kappa shape index (κ1) is 18.6. The molecular weight excluding hydrogens is 454 g/mol. The molecule has 3 aromatic carbocycles. The van der Waals surface area contributed by atoms with E-state index in [0.717, 1.165) is 44.7 Å². The standard InChI is InChI=1S/C25H20BrN3O2/c1-2-15-7-9-16(10-8-15)21-14-22-18-5-3-4-6-23(18)31-25(29(22)28-21)19-13-17(26)11-12-20(19)27-24(25)30/h3-13,22H,2,14H2,1H3,(H,27,30)/t22-,25+/m1/s1. The van der Waals surface area contributed by atoms with E-state index in [4.69, 9.17) is 9.84 Å². The summed E-state index contributed by atoms with van der Waals surface area (Å²) in [5.41, 5.74) is 4.58. The van der Waals surface area contributed by atoms with Crippen LogP contribution in [0.3, 0.4) is 0 Å². The van der Waals surface area contributed by atoms with Gasteiger partial charge in [-0.3, -0.25) is 4.79 Å². The fourth-order valence-corrected chi connectivity index (χ4v) is 5.13. The van der Waals surface area contributed by atoms with E-state index in [9.17, 15) is 4.79 Å². The number of hydrogen-bond donors (Lipinski definition) is 1. The van der Waals surface area contributed by atoms with Gasteiger partial charge in [0.25, 0.3) is 5.91 Å². The van der Waals surface area contributed by atoms with E-state index in [1.54, 1.807) is 0 Å². The third kappa shape index (κ3) is 2.61. The fraction of sp³-hybridized carbons (Fsp3) is 0.200. The molecule has 1 amide bonds. The van der Waals surface area contributed by atoms with Gasteiger partial charge >= 0.3 is 5.72 Å². The van der Waals surface area contributed by atoms with E-state index in [2.05, 4.69) is 58.5 Å². The predicted molar refractivity (Wildman–Crippen MR) is 123 cm³/mol. The topological polar surface area (TPSA) is 53.9 Å². The molecule has 154 valence electrons. The number of ether oxygens (including phenoxy) is 1. The van der Waals surface area contributed by atoms with Crippen molar-refractivity contribution in [2.24, 2.45) is 5.10 Å². The summed E-state index contributed by atoms with van der Waals surface area (Å²) in [7, 11) is 0. The second kappa shape index (κ2) is 6.69. The van der Waals surface area contributed by atoms with Crippen LogP contribution in [-0.4, -0.2) is 16.6 Å². The first-order valence-corrected chi connectivity index (χ1v) is 11.2. The number of halogens is 1. The highest BCUT2D eigenvalue weighted by Gasteiger charge is 2.60. The van der Waals surface area contributed by atoms with Gasteiger partial charge in [0.05, 0.1) is 23.0 Å². The van der Waals surface area contributed by atoms with E-state index in [-0.39, 0.29) is 11.9 Å². The van der Waals surface area contributed by atoms with Crippen LogP contribution in [0, 0.1) is 0 Å². The lowest BCUT2D eigenvalue weighted by Gasteiger charge is -2.44. The molecule has 3 aromatic rings. The number of amides is 1. The maximum absolute atomic E-state index is 13.4. The van der Waals surface area contributed by atoms with Gasteiger partial charge in [0.2, 0.25) is 0 Å². The lowest BCUT2D eigenvalue weighted by Crippen LogP contribution is -2.55. The lowest BCUT2D eigenvalue weighted by atomic mass is 9.92. The normalized spacial score (nSPS) is 23.0. The summed E-state index contributed by atoms with van der Waals surface area (Å²) in [5.74, 6) is 0.510. The molecule has 0 aromatic heterocycles. The van der Waals surface area contributed by atoms with E-state index in [1.807, 2.05) is 41.4 Å². The molecule has 5 nitrogen and oxygen atoms in total. The summed E-state index contributed by atoms with van der Waals surface area (Å²) < 4.78 is 7.38. The molecule has 3 aliphatic rings. The molecule has 0 radical (unpaired) electrons. The Balaban J connectivity index is 1.54. The molecule has 6 rings (SSSR count). The highest BCUT2D eigenvalue weighted by atomic mass is 79.9. The van der Waals surface area contributed by atoms with Crippen molar-refractivity contribution in [3.05, 3.63) is 93.5 Å². The Kier molecular flexibility index (Phi) is 4.02. The minimum Gasteiger partial charge on any atom is -0.453 e. The van der Waals surface area contributed by atoms with Crippen molar-refractivity contribution >= 4 is 33.2 Å². The summed E-state index contributed by atoms with van der Waals surface area (Å²) in [6.45, 7) is 2.15. The molecule has 31 heavy (non-hydrogen) atoms. The quantitative estimate of drug-likeness (QED) is 0.544. The van der Waals surface area contributed by atoms with Crippen LogP contribution < -0.4 is 10.1 Å². The van der Waals surface area contributed by atoms with Crippen molar-refractivity contribution in [1.29, 1.82) is 0 Å². The van der Waals surface area contributed by atoms with E-state index < -0.39 is 5.72 Å². The molecule has 0 fully saturated rings. The molecule has 3 heterocycles. The molecule has 2 atom stereocenters. The number of nitrogens with zero attached hydrogens (tertiary/aromatic N) is 2. The Morgan fingerprint density at radius 1 is 1.16 bits per heavy atom. The first-order valence-electron chi connectivity index (χ1n) is 10.5. The minimum absolute atomic E-state index is 0.0820. The second-order valence-electron chi connectivity index (χ2n) is 8.09. The molecule has 1 spiro atoms. The van der Waals surface area contributed by atoms with Gasteiger partial charge in [-0.15, -0.1) is 0 Å². The average molecular weight is 474 g/mol. The molecular formula is C25H20BrN3O2. The zero-order valence-corrected chi connectivity index (χ0v) is 18.5. The van der Waals surface area contributed by atoms with Crippen molar-refractivity contribution in [1.82, 2.24) is 5.01 Å². The second-order valence-corrected chi connectivity index (χ2v) is 9.01. The van der Waals surface area contributed by atoms with Gasteiger partial charge < -0.3 is 10.1 Å². The number of nitrogens with one attached hydrogen (secondary N) is 1. The van der Waals surface area contributed by atoms with Gasteiger partial charge in [-0.25, -0.2) is 5.01 Å². The van der Waals surface area contributed by atoms with Gasteiger partial charge in [0, 0.05) is 16.5 Å². The molecule has 0 aliphatic carbocycles. The average Bonchev–Trinajstić information content (AvgIpc) is 3.35. The van der Waals surface area contributed by atoms with E-state index in [0.29, 0.717) is 6.42 Å². The van der Waals surface area contributed by atoms with Crippen molar-refractivity contribution < 1.29 is 9.53 Å². The summed E-state index contributed by atoms with van der Waals surface area (Å²) in [5, 5.41) is 9.87. The Morgan fingerprint density at radius 2 is 1.97 bits per heavy atom. The number of carbonyl (C=O) groups excluding carboxylic acids is 1. The summed E-state index contributed by atoms with van der Waals surface area (Å²) in [4.78, 5) is 13.4. The fourth-order valence-electron chi connectivity index (χ4n) is 4.77. The first-order chi connectivity index (χ1) is 15.1. The number of benzene rings is 3. The number of fused-ring (bicyclic) bond motifs is 6. The third-order valence-electron chi connectivity index (χ3n) is 6.37. The summed E-state index contributed by atoms with van der Waals surface area (Å²) in [6, 6.07) is 22.2. The van der Waals surface area contributed by atoms with Crippen molar-refractivity contribution in [2.75, 3.05) is 5.32 Å². The van der Waals surface area contributed by atoms with Gasteiger partial charge in [-0.1, -0.05) is 65.3 Å². The SMILES string of the molecule is CCc1ccc(C2=NN3[C@H](C2)c2ccccc2O[C@@]32C(=O)Nc3ccc(Br)cc32)cc1. The zero-order chi connectivity index (χ0) is 21.2. The third-order valence-corrected chi connectivity index (χ3v) is 6.86. The molecule has 0 saturated heterocycles. The van der Waals surface area contributed by atoms with Crippen molar-refractivity contribution in [2.45, 2.75) is 31.5 Å². The Labute approximate surface area is 188 Å². The van der Waals surface area contributed by atoms with Gasteiger partial charge in [0.1, 0.15) is 5.75 Å². The Hall–Kier alpha value is -3.12. The van der Waals surface area contributed by atoms with Crippen LogP contribution in [0.4, 0.5) is 5.69 Å². The molecule has 1 N–H and O–H groups in total. The van der Waals surface area contributed by atoms with Gasteiger partial charge in [-0.2, -0.15) is 5.10 Å². The van der Waals surface area contributed by atoms with Crippen molar-refractivity contribution in [3.63, 3.8) is 0 Å². The number of para-hydroxylation sites is 1. The Morgan fingerprint density at radius 3 is 2.77 bits per heavy atom. The molecule has 0 unspecified atom stereocenters. The summed E-state index contributed by atoms with van der Waals surface area (Å²) in [6.07, 6.45) is 1.71. The molecule has 0 bridgehead atoms. The molecule has 0 saturated carbocycles. The highest BCUT2D eigenvalue weighted by molar-refractivity contribution is 9.10. The number of rotatable bonds is 2. The number of hydrazone groups is 1. The zero-order valence-electron chi connectivity index (χ0n) is 16.9. The monoisotopic (exact) mass is 473 g/mol. The maximum Gasteiger partial charge on any atom is 0.306 e. The maximum atomic E-state index is 13.4. The number of anilines is 1. The van der Waals surface area contributed by atoms with Crippen LogP contribution in [-0.2, 0) is 16.9 Å². The van der Waals surface area contributed by atoms with Gasteiger partial charge in [-0.05, 0) is 41.8 Å². The summed E-state index contributed by atoms with van der Waals surface area (Å²) >= 11 is 3.55. The predicted octanol–water partition coefficient (Wildman–Crippen LogP) is 5.36. The van der Waals surface area contributed by atoms with Gasteiger partial charge in [0.15, 0.2) is 0 Å². The van der Waals surface area contributed by atoms with E-state index in [1.165, 1.54) is 5.56 Å². The Bertz CT molecular complexity index is 1250. The number of aryl methyl sites for hydroxylation is 1. The van der Waals surface area contributed by atoms with Crippen LogP contribution in [0.2, 0.25) is 0 Å². The number of hydrogen-bond acceptors (Lipinski definition) is 4. The highest BCUT2D eigenvalue weighted by Crippen LogP contribution is 2.54. The minimum atomic E-state index is -1.33. The molecule has 6 heteroatoms. The molecule has 3 aliphatic heterocycles. The van der Waals surface area contributed by atoms with Crippen LogP contribution in [0.5, 0.6) is 5.75 Å².